The number of aliphatic hydroxyl groups excluding tert-OH is 1. The molecule has 6 heteroatoms. The van der Waals surface area contributed by atoms with Crippen molar-refractivity contribution in [3.05, 3.63) is 59.7 Å². The quantitative estimate of drug-likeness (QED) is 0.335. The van der Waals surface area contributed by atoms with Gasteiger partial charge in [0.25, 0.3) is 0 Å². The van der Waals surface area contributed by atoms with Crippen molar-refractivity contribution in [1.29, 1.82) is 0 Å². The maximum Gasteiger partial charge on any atom is 0.335 e. The van der Waals surface area contributed by atoms with Crippen LogP contribution in [0.15, 0.2) is 48.5 Å². The molecule has 2 rings (SSSR count). The molecular formula is C19H21NO5. The first-order chi connectivity index (χ1) is 12.0. The first-order valence-electron chi connectivity index (χ1n) is 8.06. The SMILES string of the molecule is O=C(CCCCC(O)c1ccc(-c2ccc(C(=O)O)cc2)cc1)NO. The van der Waals surface area contributed by atoms with Gasteiger partial charge in [0.2, 0.25) is 5.91 Å². The van der Waals surface area contributed by atoms with Gasteiger partial charge >= 0.3 is 5.97 Å². The number of hydrogen-bond donors (Lipinski definition) is 4. The van der Waals surface area contributed by atoms with Crippen LogP contribution >= 0.6 is 0 Å². The highest BCUT2D eigenvalue weighted by Crippen LogP contribution is 2.25. The molecule has 2 aromatic rings. The molecule has 0 saturated carbocycles. The van der Waals surface area contributed by atoms with Crippen molar-refractivity contribution in [2.24, 2.45) is 0 Å². The lowest BCUT2D eigenvalue weighted by molar-refractivity contribution is -0.129. The number of rotatable bonds is 8. The number of hydrogen-bond acceptors (Lipinski definition) is 4. The number of aromatic carboxylic acids is 1. The van der Waals surface area contributed by atoms with Crippen LogP contribution in [0.25, 0.3) is 11.1 Å². The predicted molar refractivity (Wildman–Crippen MR) is 92.2 cm³/mol. The number of amides is 1. The summed E-state index contributed by atoms with van der Waals surface area (Å²) >= 11 is 0. The fraction of sp³-hybridized carbons (Fsp3) is 0.263. The number of unbranched alkanes of at least 4 members (excludes halogenated alkanes) is 1. The average Bonchev–Trinajstić information content (AvgIpc) is 2.65. The molecule has 1 atom stereocenters. The minimum absolute atomic E-state index is 0.231. The summed E-state index contributed by atoms with van der Waals surface area (Å²) < 4.78 is 0. The second-order valence-corrected chi connectivity index (χ2v) is 5.80. The molecule has 0 aliphatic carbocycles. The zero-order valence-corrected chi connectivity index (χ0v) is 13.7. The molecule has 0 aromatic heterocycles. The van der Waals surface area contributed by atoms with Crippen LogP contribution in [-0.4, -0.2) is 27.3 Å². The highest BCUT2D eigenvalue weighted by Gasteiger charge is 2.09. The van der Waals surface area contributed by atoms with Gasteiger partial charge < -0.3 is 10.2 Å². The van der Waals surface area contributed by atoms with Crippen LogP contribution < -0.4 is 5.48 Å². The first kappa shape index (κ1) is 18.6. The van der Waals surface area contributed by atoms with Crippen molar-refractivity contribution in [3.8, 4) is 11.1 Å². The van der Waals surface area contributed by atoms with Crippen LogP contribution in [0.5, 0.6) is 0 Å². The molecule has 1 amide bonds. The predicted octanol–water partition coefficient (Wildman–Crippen LogP) is 3.15. The van der Waals surface area contributed by atoms with Crippen LogP contribution in [0.3, 0.4) is 0 Å². The van der Waals surface area contributed by atoms with Crippen LogP contribution in [-0.2, 0) is 4.79 Å². The monoisotopic (exact) mass is 343 g/mol. The number of hydroxylamine groups is 1. The third kappa shape index (κ3) is 5.41. The topological polar surface area (TPSA) is 107 Å². The van der Waals surface area contributed by atoms with E-state index in [0.29, 0.717) is 19.3 Å². The molecule has 0 fully saturated rings. The number of carboxylic acid groups (broad SMARTS) is 1. The van der Waals surface area contributed by atoms with E-state index in [1.807, 2.05) is 24.3 Å². The van der Waals surface area contributed by atoms with Crippen LogP contribution in [0.4, 0.5) is 0 Å². The molecule has 0 aliphatic rings. The molecule has 1 unspecified atom stereocenters. The van der Waals surface area contributed by atoms with E-state index in [1.165, 1.54) is 0 Å². The van der Waals surface area contributed by atoms with Gasteiger partial charge in [0.1, 0.15) is 0 Å². The Kier molecular flexibility index (Phi) is 6.68. The standard InChI is InChI=1S/C19H21NO5/c21-17(3-1-2-4-18(22)20-25)15-9-5-13(6-10-15)14-7-11-16(12-8-14)19(23)24/h5-12,17,21,25H,1-4H2,(H,20,22)(H,23,24). The van der Waals surface area contributed by atoms with Crippen molar-refractivity contribution in [2.45, 2.75) is 31.8 Å². The number of carbonyl (C=O) groups is 2. The number of benzene rings is 2. The molecule has 0 radical (unpaired) electrons. The summed E-state index contributed by atoms with van der Waals surface area (Å²) in [7, 11) is 0. The van der Waals surface area contributed by atoms with Gasteiger partial charge in [-0.2, -0.15) is 0 Å². The smallest absolute Gasteiger partial charge is 0.335 e. The highest BCUT2D eigenvalue weighted by atomic mass is 16.5. The summed E-state index contributed by atoms with van der Waals surface area (Å²) in [6.45, 7) is 0. The molecule has 132 valence electrons. The van der Waals surface area contributed by atoms with E-state index in [4.69, 9.17) is 10.3 Å². The lowest BCUT2D eigenvalue weighted by atomic mass is 9.98. The Morgan fingerprint density at radius 1 is 0.920 bits per heavy atom. The second kappa shape index (κ2) is 8.96. The average molecular weight is 343 g/mol. The lowest BCUT2D eigenvalue weighted by Gasteiger charge is -2.12. The molecule has 0 bridgehead atoms. The minimum atomic E-state index is -0.957. The van der Waals surface area contributed by atoms with Gasteiger partial charge in [-0.15, -0.1) is 0 Å². The maximum atomic E-state index is 10.9. The molecule has 0 aliphatic heterocycles. The molecule has 2 aromatic carbocycles. The minimum Gasteiger partial charge on any atom is -0.478 e. The van der Waals surface area contributed by atoms with Crippen LogP contribution in [0, 0.1) is 0 Å². The molecule has 0 spiro atoms. The number of nitrogens with one attached hydrogen (secondary N) is 1. The van der Waals surface area contributed by atoms with E-state index < -0.39 is 18.0 Å². The summed E-state index contributed by atoms with van der Waals surface area (Å²) in [5.41, 5.74) is 4.45. The third-order valence-corrected chi connectivity index (χ3v) is 4.02. The van der Waals surface area contributed by atoms with Crippen LogP contribution in [0.1, 0.15) is 47.7 Å². The zero-order chi connectivity index (χ0) is 18.2. The van der Waals surface area contributed by atoms with Gasteiger partial charge in [-0.05, 0) is 41.7 Å². The van der Waals surface area contributed by atoms with Crippen molar-refractivity contribution in [2.75, 3.05) is 0 Å². The summed E-state index contributed by atoms with van der Waals surface area (Å²) in [6.07, 6.45) is 1.42. The number of carboxylic acids is 1. The second-order valence-electron chi connectivity index (χ2n) is 5.80. The van der Waals surface area contributed by atoms with E-state index in [1.54, 1.807) is 29.7 Å². The van der Waals surface area contributed by atoms with Gasteiger partial charge in [0.15, 0.2) is 0 Å². The Labute approximate surface area is 145 Å². The van der Waals surface area contributed by atoms with Gasteiger partial charge in [-0.25, -0.2) is 10.3 Å². The van der Waals surface area contributed by atoms with Crippen molar-refractivity contribution < 1.29 is 25.0 Å². The fourth-order valence-electron chi connectivity index (χ4n) is 2.55. The van der Waals surface area contributed by atoms with Crippen LogP contribution in [0.2, 0.25) is 0 Å². The molecule has 4 N–H and O–H groups in total. The Morgan fingerprint density at radius 2 is 1.48 bits per heavy atom. The molecular weight excluding hydrogens is 322 g/mol. The largest absolute Gasteiger partial charge is 0.478 e. The van der Waals surface area contributed by atoms with E-state index in [9.17, 15) is 14.7 Å². The summed E-state index contributed by atoms with van der Waals surface area (Å²) in [6, 6.07) is 14.1. The Morgan fingerprint density at radius 3 is 2.00 bits per heavy atom. The molecule has 0 heterocycles. The van der Waals surface area contributed by atoms with E-state index in [2.05, 4.69) is 0 Å². The zero-order valence-electron chi connectivity index (χ0n) is 13.7. The number of carbonyl (C=O) groups excluding carboxylic acids is 1. The summed E-state index contributed by atoms with van der Waals surface area (Å²) in [5, 5.41) is 27.5. The van der Waals surface area contributed by atoms with Gasteiger partial charge in [0.05, 0.1) is 11.7 Å². The van der Waals surface area contributed by atoms with E-state index in [-0.39, 0.29) is 12.0 Å². The third-order valence-electron chi connectivity index (χ3n) is 4.02. The van der Waals surface area contributed by atoms with Gasteiger partial charge in [-0.1, -0.05) is 42.8 Å². The summed E-state index contributed by atoms with van der Waals surface area (Å²) in [5.74, 6) is -1.38. The van der Waals surface area contributed by atoms with Crippen molar-refractivity contribution >= 4 is 11.9 Å². The van der Waals surface area contributed by atoms with Gasteiger partial charge in [-0.3, -0.25) is 10.0 Å². The molecule has 6 nitrogen and oxygen atoms in total. The van der Waals surface area contributed by atoms with Crippen molar-refractivity contribution in [1.82, 2.24) is 5.48 Å². The Balaban J connectivity index is 1.92. The molecule has 25 heavy (non-hydrogen) atoms. The summed E-state index contributed by atoms with van der Waals surface area (Å²) in [4.78, 5) is 21.8. The highest BCUT2D eigenvalue weighted by molar-refractivity contribution is 5.88. The number of aliphatic hydroxyl groups is 1. The Bertz CT molecular complexity index is 710. The Hall–Kier alpha value is -2.70. The van der Waals surface area contributed by atoms with Gasteiger partial charge in [0, 0.05) is 6.42 Å². The first-order valence-corrected chi connectivity index (χ1v) is 8.06. The normalized spacial score (nSPS) is 11.8. The van der Waals surface area contributed by atoms with Crippen molar-refractivity contribution in [3.63, 3.8) is 0 Å². The van der Waals surface area contributed by atoms with E-state index in [0.717, 1.165) is 16.7 Å². The lowest BCUT2D eigenvalue weighted by Crippen LogP contribution is -2.17. The molecule has 0 saturated heterocycles. The van der Waals surface area contributed by atoms with E-state index >= 15 is 0 Å². The fourth-order valence-corrected chi connectivity index (χ4v) is 2.55. The maximum absolute atomic E-state index is 10.9.